The summed E-state index contributed by atoms with van der Waals surface area (Å²) in [7, 11) is 5.39. The average molecular weight is 2470 g/mol. The van der Waals surface area contributed by atoms with Crippen LogP contribution < -0.4 is 44.3 Å². The van der Waals surface area contributed by atoms with Crippen LogP contribution in [0.15, 0.2) is 312 Å². The van der Waals surface area contributed by atoms with Gasteiger partial charge in [0.15, 0.2) is 65.5 Å². The fourth-order valence-corrected chi connectivity index (χ4v) is 13.1. The molecule has 0 aliphatic heterocycles. The van der Waals surface area contributed by atoms with E-state index in [1.165, 1.54) is 62.2 Å². The summed E-state index contributed by atoms with van der Waals surface area (Å²) in [4.78, 5) is 74.1. The van der Waals surface area contributed by atoms with E-state index in [9.17, 15) is 14.0 Å². The van der Waals surface area contributed by atoms with Crippen molar-refractivity contribution in [2.45, 2.75) is 92.6 Å². The zero-order valence-corrected chi connectivity index (χ0v) is 95.8. The molecule has 1 saturated carbocycles. The molecule has 1 aliphatic rings. The minimum absolute atomic E-state index is 0. The van der Waals surface area contributed by atoms with Gasteiger partial charge in [-0.05, 0) is 284 Å². The second-order valence-electron chi connectivity index (χ2n) is 27.4. The third-order valence-corrected chi connectivity index (χ3v) is 21.2. The van der Waals surface area contributed by atoms with Crippen LogP contribution in [0.1, 0.15) is 102 Å². The number of ketones is 1. The number of halogens is 12. The summed E-state index contributed by atoms with van der Waals surface area (Å²) in [6.45, 7) is 10.5. The van der Waals surface area contributed by atoms with Gasteiger partial charge in [0.25, 0.3) is 8.60 Å². The van der Waals surface area contributed by atoms with Crippen LogP contribution in [0.2, 0.25) is 5.35 Å². The van der Waals surface area contributed by atoms with Crippen LogP contribution in [0.25, 0.3) is 62.7 Å². The molecular formula is C95H101Br6CaCl5FN20NaO13. The number of aliphatic hydroxyl groups excluding tert-OH is 2. The molecule has 17 aromatic rings. The van der Waals surface area contributed by atoms with Crippen molar-refractivity contribution in [3.8, 4) is 74.2 Å². The molecule has 746 valence electrons. The van der Waals surface area contributed by atoms with Gasteiger partial charge < -0.3 is 59.8 Å². The Hall–Kier alpha value is -9.06. The molecule has 142 heavy (non-hydrogen) atoms. The number of alkyl halides is 7. The number of nitrogens with zero attached hydrogens (tertiary/aromatic N) is 18. The van der Waals surface area contributed by atoms with Crippen molar-refractivity contribution in [3.63, 3.8) is 0 Å². The van der Waals surface area contributed by atoms with Gasteiger partial charge in [-0.25, -0.2) is 68.9 Å². The predicted octanol–water partition coefficient (Wildman–Crippen LogP) is 21.1. The summed E-state index contributed by atoms with van der Waals surface area (Å²) in [6.07, 6.45) is 44.5. The molecule has 0 spiro atoms. The molecule has 7 N–H and O–H groups in total. The van der Waals surface area contributed by atoms with Crippen molar-refractivity contribution in [3.05, 3.63) is 345 Å². The van der Waals surface area contributed by atoms with E-state index in [1.54, 1.807) is 134 Å². The van der Waals surface area contributed by atoms with Crippen molar-refractivity contribution in [1.29, 1.82) is 0 Å². The molecule has 2 aromatic carbocycles. The van der Waals surface area contributed by atoms with Gasteiger partial charge in [0.2, 0.25) is 0 Å². The molecule has 33 nitrogen and oxygen atoms in total. The first-order valence-corrected chi connectivity index (χ1v) is 47.7. The van der Waals surface area contributed by atoms with Crippen LogP contribution >= 0.6 is 154 Å². The van der Waals surface area contributed by atoms with Gasteiger partial charge in [0, 0.05) is 147 Å². The Morgan fingerprint density at radius 3 is 1.37 bits per heavy atom. The Labute approximate surface area is 951 Å². The maximum atomic E-state index is 10.9. The molecule has 0 radical (unpaired) electrons. The molecule has 2 unspecified atom stereocenters. The van der Waals surface area contributed by atoms with Crippen LogP contribution in [0.4, 0.5) is 4.39 Å². The largest absolute Gasteiger partial charge is 2.00 e. The maximum Gasteiger partial charge on any atom is 2.00 e. The van der Waals surface area contributed by atoms with Gasteiger partial charge in [-0.3, -0.25) is 19.1 Å². The number of aryl methyl sites for hydroxylation is 3. The number of ether oxygens (including phenoxy) is 2. The number of benzene rings is 2. The molecule has 1 aliphatic carbocycles. The number of oxazole rings is 4. The second kappa shape index (κ2) is 75.6. The number of Topliss-reactive ketones (excluding diaryl/α,β-unsaturated/α-hetero) is 1. The van der Waals surface area contributed by atoms with Crippen molar-refractivity contribution >= 4 is 210 Å². The number of H-pyrrole nitrogens is 1. The molecule has 0 bridgehead atoms. The molecule has 2 atom stereocenters. The molecule has 0 saturated heterocycles. The number of carbonyl (C=O) groups excluding carboxylic acids is 2. The Morgan fingerprint density at radius 1 is 0.613 bits per heavy atom. The Kier molecular flexibility index (Phi) is 68.7. The number of hydrogen-bond donors (Lipinski definition) is 4. The number of aliphatic hydroxyl groups is 1. The monoisotopic (exact) mass is 2460 g/mol. The number of carbonyl (C=O) groups is 2. The van der Waals surface area contributed by atoms with Gasteiger partial charge in [-0.1, -0.05) is 135 Å². The van der Waals surface area contributed by atoms with Gasteiger partial charge in [0.05, 0.1) is 51.3 Å². The van der Waals surface area contributed by atoms with Crippen LogP contribution in [0, 0.1) is 26.7 Å². The number of nitrogens with one attached hydrogen (secondary N) is 2. The van der Waals surface area contributed by atoms with Crippen molar-refractivity contribution in [2.24, 2.45) is 5.92 Å². The fourth-order valence-electron chi connectivity index (χ4n) is 11.4. The predicted molar refractivity (Wildman–Crippen MR) is 568 cm³/mol. The SMILES string of the molecule is Brc1ccc(-c2cnco2)cn1.Brc1ccc(C(Br)Br)cn1.CCC1CCCCC1NC.CO.COc1ccc(C)c(CC(C)=O)c1.COc1ccc(C)c(Cc2ncc(-c3ccc(-n4cccn4)nc3)o2)c1.Cc1ccc(Br)nc1.ClC(Cl)(Cl)Cl.Clc1ncc(-c2ccc(-n3cccn3)nc2)o1.O.O=Cc1ccc(Br)nc1.O=[C-]O.[2H]CF.[Ca+2].[H-].[Na+].[OH-].c1cn[nH]c1.c1cnn(-c2ccc(-c3cnco3)cn2)c1. The molecular weight excluding hydrogens is 2370 g/mol. The molecule has 47 heteroatoms. The standard InChI is InChI=1S/C20H18N4O2.C11H7ClN4O.C11H8N4O.C11H14O2.C9H19N.C8H5BrN2O.C6H4Br3N.C6H4BrNO.C6H6BrN.C3H4N2.CCl4.CH3F.CHO2.CH4O.Ca.Na.2H2O.H/c1-14-4-6-17(25-2)10-16(14)11-20-22-13-18(26-20)15-5-7-19(21-12-15)24-9-3-8-23-24;12-11-14-7-9(17-11)8-2-3-10(13-6-8)16-5-1-4-15-16;1-4-14-15(5-1)11-3-2-9(6-13-11)10-7-12-8-16-10;1-8-4-5-11(13-3)7-10(8)6-9(2)12;1-3-8-6-4-5-7-9(8)10-2;9-8-2-1-6(3-11-8)7-4-10-5-12-7;7-5-2-1-4(3-10-5)6(8)9;7-6-2-1-5(4-9)3-8-6;1-5-2-3-6(7)8-4-5;1-2-4-5-3-1;2-1(3,4)5;1-2;2-1-3;1-2;;;;;/h3-10,12-13H,11H2,1-2H3;1-7H;1-8H;4-5,7H,6H2,1-3H3;8-10H,3-7H2,1-2H3;1-5H;1-3,6H;1-4H;2-4H,1H3;1-3H,(H,4,5);;1H3;(H,2,3);2H,1H3;;;2*1H2;/q;;;;;;;;;;;;-1;;+2;+1;;;-1/p-1/i;;;;;;;;;;;1D;;;;;;;. The van der Waals surface area contributed by atoms with Crippen LogP contribution in [-0.2, 0) is 22.4 Å². The number of rotatable bonds is 17. The first kappa shape index (κ1) is 129. The summed E-state index contributed by atoms with van der Waals surface area (Å²) in [5.41, 5.74) is 10.9. The molecule has 18 rings (SSSR count). The van der Waals surface area contributed by atoms with E-state index in [2.05, 4.69) is 202 Å². The topological polar surface area (TPSA) is 460 Å². The Balaban J connectivity index is 0.00000159. The molecule has 1 fully saturated rings. The van der Waals surface area contributed by atoms with E-state index < -0.39 is 10.4 Å². The zero-order valence-electron chi connectivity index (χ0n) is 80.3. The Bertz CT molecular complexity index is 6010. The van der Waals surface area contributed by atoms with E-state index in [4.69, 9.17) is 102 Å². The summed E-state index contributed by atoms with van der Waals surface area (Å²) in [6, 6.07) is 46.4. The summed E-state index contributed by atoms with van der Waals surface area (Å²) in [5, 5.41) is 35.9. The van der Waals surface area contributed by atoms with Gasteiger partial charge in [-0.15, -0.1) is 0 Å². The number of aromatic amines is 1. The van der Waals surface area contributed by atoms with Crippen LogP contribution in [-0.4, -0.2) is 217 Å². The van der Waals surface area contributed by atoms with E-state index >= 15 is 0 Å². The van der Waals surface area contributed by atoms with E-state index in [0.717, 1.165) is 123 Å². The minimum atomic E-state index is -1.61. The van der Waals surface area contributed by atoms with Gasteiger partial charge in [0.1, 0.15) is 35.7 Å². The Morgan fingerprint density at radius 2 is 1.04 bits per heavy atom. The molecule has 0 amide bonds. The quantitative estimate of drug-likeness (QED) is 0.0216. The first-order chi connectivity index (χ1) is 67.0. The summed E-state index contributed by atoms with van der Waals surface area (Å²) in [5.74, 6) is 8.42. The number of aldehydes is 1. The smallest absolute Gasteiger partial charge is 1.00 e. The zero-order chi connectivity index (χ0) is 102. The number of methoxy groups -OCH3 is 2. The van der Waals surface area contributed by atoms with E-state index in [1.807, 2.05) is 172 Å². The molecule has 15 aromatic heterocycles. The maximum absolute atomic E-state index is 10.9. The number of pyridine rings is 7. The van der Waals surface area contributed by atoms with Crippen molar-refractivity contribution in [2.75, 3.05) is 35.5 Å². The number of hydrogen-bond acceptors (Lipinski definition) is 27. The number of aromatic nitrogens is 19. The van der Waals surface area contributed by atoms with Gasteiger partial charge >= 0.3 is 67.3 Å². The second-order valence-corrected chi connectivity index (χ2v) is 37.5. The average Bonchev–Trinajstić information content (AvgIpc) is 1.69. The van der Waals surface area contributed by atoms with Crippen LogP contribution in [0.5, 0.6) is 11.5 Å². The molecule has 15 heterocycles. The van der Waals surface area contributed by atoms with E-state index in [0.29, 0.717) is 48.0 Å². The van der Waals surface area contributed by atoms with Crippen molar-refractivity contribution < 1.29 is 99.4 Å². The summed E-state index contributed by atoms with van der Waals surface area (Å²) < 4.78 is 54.2. The summed E-state index contributed by atoms with van der Waals surface area (Å²) >= 11 is 44.5. The third kappa shape index (κ3) is 52.1. The van der Waals surface area contributed by atoms with E-state index in [-0.39, 0.29) is 94.5 Å². The minimum Gasteiger partial charge on any atom is -1.00 e. The normalized spacial score (nSPS) is 11.4. The van der Waals surface area contributed by atoms with Gasteiger partial charge in [-0.2, -0.15) is 20.4 Å². The third-order valence-electron chi connectivity index (χ3n) is 18.1. The van der Waals surface area contributed by atoms with Crippen LogP contribution in [0.3, 0.4) is 0 Å². The fraction of sp³-hybridized carbons (Fsp3) is 0.221. The van der Waals surface area contributed by atoms with Crippen molar-refractivity contribution in [1.82, 2.24) is 99.7 Å². The first-order valence-electron chi connectivity index (χ1n) is 41.5.